The summed E-state index contributed by atoms with van der Waals surface area (Å²) in [5, 5.41) is 8.31. The van der Waals surface area contributed by atoms with Gasteiger partial charge >= 0.3 is 51.4 Å². The maximum Gasteiger partial charge on any atom is 1.00 e. The van der Waals surface area contributed by atoms with Gasteiger partial charge in [0.25, 0.3) is 0 Å². The first kappa shape index (κ1) is 29.8. The van der Waals surface area contributed by atoms with Gasteiger partial charge in [0.1, 0.15) is 0 Å². The first-order valence-corrected chi connectivity index (χ1v) is 1.75. The molecule has 0 aromatic heterocycles. The predicted molar refractivity (Wildman–Crippen MR) is 33.8 cm³/mol. The van der Waals surface area contributed by atoms with E-state index in [1.165, 1.54) is 0 Å². The second-order valence-electron chi connectivity index (χ2n) is 1.07. The topological polar surface area (TPSA) is 20.2 Å². The Balaban J connectivity index is -0.0000000133. The molecule has 1 unspecified atom stereocenters. The molecule has 0 rings (SSSR count). The summed E-state index contributed by atoms with van der Waals surface area (Å²) >= 11 is 0. The molecule has 1 atom stereocenters. The van der Waals surface area contributed by atoms with E-state index in [1.54, 1.807) is 13.3 Å². The fraction of sp³-hybridized carbons (Fsp3) is 0.600. The van der Waals surface area contributed by atoms with Gasteiger partial charge in [0.2, 0.25) is 0 Å². The van der Waals surface area contributed by atoms with Crippen LogP contribution in [0.15, 0.2) is 0 Å². The van der Waals surface area contributed by atoms with Crippen molar-refractivity contribution in [2.24, 2.45) is 0 Å². The quantitative estimate of drug-likeness (QED) is 0.393. The summed E-state index contributed by atoms with van der Waals surface area (Å²) in [5.41, 5.74) is 0. The molecule has 0 aliphatic rings. The molecular formula is C5H12BKOY-. The third-order valence-corrected chi connectivity index (χ3v) is 0.482. The summed E-state index contributed by atoms with van der Waals surface area (Å²) in [6.07, 6.45) is 1.48. The molecule has 9 heavy (non-hydrogen) atoms. The first-order valence-electron chi connectivity index (χ1n) is 1.75. The molecule has 0 heterocycles. The van der Waals surface area contributed by atoms with Crippen molar-refractivity contribution in [1.29, 1.82) is 0 Å². The summed E-state index contributed by atoms with van der Waals surface area (Å²) in [4.78, 5) is 0. The van der Waals surface area contributed by atoms with Gasteiger partial charge in [-0.05, 0) is 0 Å². The minimum Gasteiger partial charge on any atom is -0.425 e. The van der Waals surface area contributed by atoms with E-state index < -0.39 is 0 Å². The largest absolute Gasteiger partial charge is 1.00 e. The van der Waals surface area contributed by atoms with Crippen LogP contribution in [0.5, 0.6) is 0 Å². The van der Waals surface area contributed by atoms with Crippen molar-refractivity contribution < 1.29 is 89.2 Å². The van der Waals surface area contributed by atoms with Crippen molar-refractivity contribution in [3.05, 3.63) is 13.8 Å². The summed E-state index contributed by atoms with van der Waals surface area (Å²) < 4.78 is 0. The van der Waals surface area contributed by atoms with Gasteiger partial charge in [-0.3, -0.25) is 0 Å². The molecule has 0 aromatic carbocycles. The van der Waals surface area contributed by atoms with Crippen molar-refractivity contribution in [3.63, 3.8) is 0 Å². The number of hydrogen-bond acceptors (Lipinski definition) is 1. The van der Waals surface area contributed by atoms with Crippen LogP contribution in [-0.4, -0.2) is 19.6 Å². The van der Waals surface area contributed by atoms with E-state index in [0.29, 0.717) is 0 Å². The minimum absolute atomic E-state index is 0. The molecule has 46 valence electrons. The molecular weight excluding hydrogens is 215 g/mol. The Hall–Kier alpha value is 2.77. The fourth-order valence-corrected chi connectivity index (χ4v) is 0. The Labute approximate surface area is 129 Å². The summed E-state index contributed by atoms with van der Waals surface area (Å²) in [7, 11) is 0. The zero-order valence-electron chi connectivity index (χ0n) is 6.76. The normalized spacial score (nSPS) is 8.33. The molecule has 0 aromatic rings. The molecule has 1 N–H and O–H groups in total. The number of rotatable bonds is 1. The molecule has 4 radical (unpaired) electrons. The summed E-state index contributed by atoms with van der Waals surface area (Å²) in [5.74, 6) is 0. The van der Waals surface area contributed by atoms with E-state index in [2.05, 4.69) is 0 Å². The maximum atomic E-state index is 8.31. The standard InChI is InChI=1S/C4H9O.CH3.B.K.Y/c1-3-4(2)5;;;;/h3-5H,1-2H3;1H3;;;/q2*-1;;+1;. The van der Waals surface area contributed by atoms with E-state index >= 15 is 0 Å². The Bertz CT molecular complexity index is 30.9. The van der Waals surface area contributed by atoms with E-state index in [4.69, 9.17) is 5.11 Å². The number of aliphatic hydroxyl groups excluding tert-OH is 1. The number of aliphatic hydroxyl groups is 1. The minimum atomic E-state index is -0.241. The van der Waals surface area contributed by atoms with Crippen LogP contribution in [-0.2, 0) is 32.7 Å². The third-order valence-electron chi connectivity index (χ3n) is 0.482. The van der Waals surface area contributed by atoms with Crippen LogP contribution in [0.4, 0.5) is 0 Å². The summed E-state index contributed by atoms with van der Waals surface area (Å²) in [6.45, 7) is 3.55. The van der Waals surface area contributed by atoms with Crippen LogP contribution >= 0.6 is 0 Å². The van der Waals surface area contributed by atoms with Gasteiger partial charge in [0.05, 0.1) is 0 Å². The molecule has 0 amide bonds. The monoisotopic (exact) mass is 227 g/mol. The van der Waals surface area contributed by atoms with Crippen LogP contribution in [0.1, 0.15) is 13.8 Å². The number of hydrogen-bond donors (Lipinski definition) is 1. The van der Waals surface area contributed by atoms with Crippen LogP contribution in [0.25, 0.3) is 0 Å². The Kier molecular flexibility index (Phi) is 74.2. The first-order chi connectivity index (χ1) is 2.27. The summed E-state index contributed by atoms with van der Waals surface area (Å²) in [6, 6.07) is 0. The third kappa shape index (κ3) is 36.4. The van der Waals surface area contributed by atoms with Gasteiger partial charge in [-0.1, -0.05) is 13.0 Å². The van der Waals surface area contributed by atoms with Gasteiger partial charge in [-0.2, -0.15) is 6.92 Å². The molecule has 1 nitrogen and oxygen atoms in total. The molecule has 0 aliphatic carbocycles. The van der Waals surface area contributed by atoms with Gasteiger partial charge in [-0.25, -0.2) is 0 Å². The van der Waals surface area contributed by atoms with Crippen molar-refractivity contribution in [1.82, 2.24) is 0 Å². The van der Waals surface area contributed by atoms with Gasteiger partial charge < -0.3 is 19.0 Å². The molecule has 0 aliphatic heterocycles. The zero-order valence-corrected chi connectivity index (χ0v) is 12.7. The van der Waals surface area contributed by atoms with E-state index in [-0.39, 0.29) is 106 Å². The van der Waals surface area contributed by atoms with E-state index in [1.807, 2.05) is 6.92 Å². The fourth-order valence-electron chi connectivity index (χ4n) is 0. The Morgan fingerprint density at radius 2 is 1.56 bits per heavy atom. The molecule has 0 spiro atoms. The van der Waals surface area contributed by atoms with Gasteiger partial charge in [-0.15, -0.1) is 0 Å². The predicted octanol–water partition coefficient (Wildman–Crippen LogP) is -2.34. The van der Waals surface area contributed by atoms with Gasteiger partial charge in [0.15, 0.2) is 0 Å². The maximum absolute atomic E-state index is 8.31. The Morgan fingerprint density at radius 1 is 1.44 bits per heavy atom. The SMILES string of the molecule is C[CH-]C(C)O.[B].[CH3-].[K+].[Y]. The van der Waals surface area contributed by atoms with Crippen molar-refractivity contribution in [2.45, 2.75) is 20.0 Å². The molecule has 0 bridgehead atoms. The average Bonchev–Trinajstić information content (AvgIpc) is 1.38. The van der Waals surface area contributed by atoms with Crippen molar-refractivity contribution >= 4 is 8.41 Å². The van der Waals surface area contributed by atoms with Crippen LogP contribution < -0.4 is 51.4 Å². The average molecular weight is 227 g/mol. The Morgan fingerprint density at radius 3 is 1.56 bits per heavy atom. The van der Waals surface area contributed by atoms with Crippen LogP contribution in [0.2, 0.25) is 0 Å². The van der Waals surface area contributed by atoms with Crippen LogP contribution in [0, 0.1) is 13.8 Å². The molecule has 0 saturated heterocycles. The van der Waals surface area contributed by atoms with Gasteiger partial charge in [0, 0.05) is 41.1 Å². The van der Waals surface area contributed by atoms with Crippen molar-refractivity contribution in [2.75, 3.05) is 0 Å². The second kappa shape index (κ2) is 22.4. The van der Waals surface area contributed by atoms with Crippen LogP contribution in [0.3, 0.4) is 0 Å². The van der Waals surface area contributed by atoms with E-state index in [0.717, 1.165) is 0 Å². The molecule has 0 saturated carbocycles. The second-order valence-corrected chi connectivity index (χ2v) is 1.07. The smallest absolute Gasteiger partial charge is 0.425 e. The zero-order chi connectivity index (χ0) is 4.28. The molecule has 4 heteroatoms. The molecule has 0 fully saturated rings. The van der Waals surface area contributed by atoms with E-state index in [9.17, 15) is 0 Å². The van der Waals surface area contributed by atoms with Crippen molar-refractivity contribution in [3.8, 4) is 0 Å².